The number of amides is 3. The number of halogens is 2. The zero-order chi connectivity index (χ0) is 32.2. The minimum absolute atomic E-state index is 0.0562. The van der Waals surface area contributed by atoms with Crippen molar-refractivity contribution in [2.45, 2.75) is 38.3 Å². The van der Waals surface area contributed by atoms with E-state index in [1.54, 1.807) is 29.2 Å². The summed E-state index contributed by atoms with van der Waals surface area (Å²) in [5.41, 5.74) is 2.35. The van der Waals surface area contributed by atoms with Gasteiger partial charge in [0, 0.05) is 75.0 Å². The number of piperazine rings is 1. The van der Waals surface area contributed by atoms with Gasteiger partial charge >= 0.3 is 0 Å². The molecule has 0 saturated carbocycles. The van der Waals surface area contributed by atoms with Crippen LogP contribution in [-0.4, -0.2) is 66.3 Å². The number of carbonyl (C=O) groups is 3. The molecule has 1 aromatic heterocycles. The number of benzene rings is 3. The van der Waals surface area contributed by atoms with Gasteiger partial charge in [-0.1, -0.05) is 41.9 Å². The Bertz CT molecular complexity index is 1820. The fraction of sp³-hybridized carbons (Fsp3) is 0.314. The van der Waals surface area contributed by atoms with E-state index < -0.39 is 23.2 Å². The van der Waals surface area contributed by atoms with Gasteiger partial charge in [0.15, 0.2) is 11.2 Å². The maximum atomic E-state index is 13.9. The van der Waals surface area contributed by atoms with E-state index in [1.807, 2.05) is 29.2 Å². The molecule has 0 unspecified atom stereocenters. The average Bonchev–Trinajstić information content (AvgIpc) is 3.06. The lowest BCUT2D eigenvalue weighted by Crippen LogP contribution is -2.55. The van der Waals surface area contributed by atoms with E-state index in [2.05, 4.69) is 10.2 Å². The van der Waals surface area contributed by atoms with E-state index in [0.717, 1.165) is 54.4 Å². The first kappa shape index (κ1) is 31.3. The number of nitrogens with zero attached hydrogens (tertiary/aromatic N) is 3. The van der Waals surface area contributed by atoms with Crippen LogP contribution in [0, 0.1) is 5.82 Å². The van der Waals surface area contributed by atoms with Gasteiger partial charge in [-0.05, 0) is 54.3 Å². The Hall–Kier alpha value is -4.70. The molecule has 3 aromatic carbocycles. The highest BCUT2D eigenvalue weighted by atomic mass is 35.5. The highest BCUT2D eigenvalue weighted by Crippen LogP contribution is 2.25. The van der Waals surface area contributed by atoms with Crippen molar-refractivity contribution in [3.63, 3.8) is 0 Å². The lowest BCUT2D eigenvalue weighted by atomic mass is 10.0. The Kier molecular flexibility index (Phi) is 9.35. The first-order valence-electron chi connectivity index (χ1n) is 15.4. The molecule has 238 valence electrons. The van der Waals surface area contributed by atoms with Crippen molar-refractivity contribution >= 4 is 46.0 Å². The van der Waals surface area contributed by atoms with Crippen molar-refractivity contribution in [1.82, 2.24) is 15.1 Å². The standard InChI is InChI=1S/C35H34ClFN4O5/c36-25-10-8-23(9-11-25)19-28(38-34(44)32-21-30(42)27-13-12-26(37)20-31(27)46-32)35(45)40-17-15-39(16-18-40)29-6-2-1-5-24(29)22-41-14-4-3-7-33(41)43/h1-2,5-6,8-13,20-21,28H,3-4,7,14-19,22H2,(H,38,44)/t28-/m1/s1. The van der Waals surface area contributed by atoms with Crippen LogP contribution in [0.4, 0.5) is 10.1 Å². The van der Waals surface area contributed by atoms with Gasteiger partial charge in [0.25, 0.3) is 5.91 Å². The van der Waals surface area contributed by atoms with Crippen LogP contribution in [0.25, 0.3) is 11.0 Å². The molecule has 0 spiro atoms. The van der Waals surface area contributed by atoms with E-state index in [1.165, 1.54) is 6.07 Å². The van der Waals surface area contributed by atoms with Gasteiger partial charge < -0.3 is 24.4 Å². The van der Waals surface area contributed by atoms with Crippen LogP contribution in [0.1, 0.15) is 40.9 Å². The van der Waals surface area contributed by atoms with Crippen molar-refractivity contribution in [3.05, 3.63) is 111 Å². The lowest BCUT2D eigenvalue weighted by Gasteiger charge is -2.39. The molecule has 3 heterocycles. The minimum Gasteiger partial charge on any atom is -0.451 e. The maximum absolute atomic E-state index is 13.9. The molecule has 46 heavy (non-hydrogen) atoms. The molecule has 3 amide bonds. The molecule has 2 saturated heterocycles. The molecule has 0 radical (unpaired) electrons. The summed E-state index contributed by atoms with van der Waals surface area (Å²) in [5.74, 6) is -1.77. The summed E-state index contributed by atoms with van der Waals surface area (Å²) in [5, 5.41) is 3.45. The number of para-hydroxylation sites is 1. The van der Waals surface area contributed by atoms with Gasteiger partial charge in [-0.25, -0.2) is 4.39 Å². The van der Waals surface area contributed by atoms with Gasteiger partial charge in [0.05, 0.1) is 5.39 Å². The molecule has 2 aliphatic rings. The molecule has 0 aliphatic carbocycles. The van der Waals surface area contributed by atoms with E-state index >= 15 is 0 Å². The van der Waals surface area contributed by atoms with E-state index in [4.69, 9.17) is 16.0 Å². The number of hydrogen-bond acceptors (Lipinski definition) is 6. The second-order valence-electron chi connectivity index (χ2n) is 11.7. The predicted molar refractivity (Wildman–Crippen MR) is 173 cm³/mol. The summed E-state index contributed by atoms with van der Waals surface area (Å²) in [7, 11) is 0. The summed E-state index contributed by atoms with van der Waals surface area (Å²) in [4.78, 5) is 58.3. The minimum atomic E-state index is -0.967. The van der Waals surface area contributed by atoms with E-state index in [9.17, 15) is 23.6 Å². The highest BCUT2D eigenvalue weighted by Gasteiger charge is 2.31. The number of likely N-dealkylation sites (tertiary alicyclic amines) is 1. The monoisotopic (exact) mass is 644 g/mol. The zero-order valence-corrected chi connectivity index (χ0v) is 26.0. The Morgan fingerprint density at radius 2 is 1.67 bits per heavy atom. The maximum Gasteiger partial charge on any atom is 0.287 e. The lowest BCUT2D eigenvalue weighted by molar-refractivity contribution is -0.134. The Labute approximate surface area is 270 Å². The summed E-state index contributed by atoms with van der Waals surface area (Å²) in [6, 6.07) is 18.6. The van der Waals surface area contributed by atoms with Crippen LogP contribution in [0.15, 0.2) is 82.0 Å². The van der Waals surface area contributed by atoms with Gasteiger partial charge in [-0.15, -0.1) is 0 Å². The number of carbonyl (C=O) groups excluding carboxylic acids is 3. The summed E-state index contributed by atoms with van der Waals surface area (Å²) < 4.78 is 19.4. The molecule has 0 bridgehead atoms. The normalized spacial score (nSPS) is 16.0. The SMILES string of the molecule is O=C(N[C@H](Cc1ccc(Cl)cc1)C(=O)N1CCN(c2ccccc2CN2CCCCC2=O)CC1)c1cc(=O)c2ccc(F)cc2o1. The fourth-order valence-electron chi connectivity index (χ4n) is 6.10. The molecule has 1 N–H and O–H groups in total. The molecule has 6 rings (SSSR count). The van der Waals surface area contributed by atoms with Gasteiger partial charge in [0.1, 0.15) is 17.4 Å². The Morgan fingerprint density at radius 3 is 2.43 bits per heavy atom. The highest BCUT2D eigenvalue weighted by molar-refractivity contribution is 6.30. The molecule has 2 aliphatic heterocycles. The fourth-order valence-corrected chi connectivity index (χ4v) is 6.23. The van der Waals surface area contributed by atoms with Gasteiger partial charge in [-0.3, -0.25) is 19.2 Å². The van der Waals surface area contributed by atoms with Gasteiger partial charge in [-0.2, -0.15) is 0 Å². The largest absolute Gasteiger partial charge is 0.451 e. The van der Waals surface area contributed by atoms with Gasteiger partial charge in [0.2, 0.25) is 11.8 Å². The second-order valence-corrected chi connectivity index (χ2v) is 12.1. The predicted octanol–water partition coefficient (Wildman–Crippen LogP) is 4.79. The van der Waals surface area contributed by atoms with Crippen molar-refractivity contribution in [3.8, 4) is 0 Å². The van der Waals surface area contributed by atoms with Crippen LogP contribution in [0.2, 0.25) is 5.02 Å². The van der Waals surface area contributed by atoms with Crippen molar-refractivity contribution in [1.29, 1.82) is 0 Å². The zero-order valence-electron chi connectivity index (χ0n) is 25.2. The average molecular weight is 645 g/mol. The quantitative estimate of drug-likeness (QED) is 0.296. The summed E-state index contributed by atoms with van der Waals surface area (Å²) in [6.07, 6.45) is 2.71. The third-order valence-electron chi connectivity index (χ3n) is 8.58. The Morgan fingerprint density at radius 1 is 0.913 bits per heavy atom. The van der Waals surface area contributed by atoms with Crippen LogP contribution in [0.3, 0.4) is 0 Å². The second kappa shape index (κ2) is 13.7. The number of rotatable bonds is 8. The molecular formula is C35H34ClFN4O5. The van der Waals surface area contributed by atoms with Crippen LogP contribution >= 0.6 is 11.6 Å². The number of piperidine rings is 1. The molecular weight excluding hydrogens is 611 g/mol. The van der Waals surface area contributed by atoms with Crippen LogP contribution < -0.4 is 15.6 Å². The number of hydrogen-bond donors (Lipinski definition) is 1. The van der Waals surface area contributed by atoms with E-state index in [0.29, 0.717) is 44.2 Å². The van der Waals surface area contributed by atoms with E-state index in [-0.39, 0.29) is 35.0 Å². The topological polar surface area (TPSA) is 103 Å². The first-order chi connectivity index (χ1) is 22.2. The third kappa shape index (κ3) is 7.07. The summed E-state index contributed by atoms with van der Waals surface area (Å²) >= 11 is 6.07. The van der Waals surface area contributed by atoms with Crippen LogP contribution in [-0.2, 0) is 22.6 Å². The van der Waals surface area contributed by atoms with Crippen LogP contribution in [0.5, 0.6) is 0 Å². The Balaban J connectivity index is 1.18. The molecule has 11 heteroatoms. The molecule has 4 aromatic rings. The number of nitrogens with one attached hydrogen (secondary N) is 1. The van der Waals surface area contributed by atoms with Crippen molar-refractivity contribution in [2.75, 3.05) is 37.6 Å². The number of fused-ring (bicyclic) bond motifs is 1. The smallest absolute Gasteiger partial charge is 0.287 e. The molecule has 1 atom stereocenters. The third-order valence-corrected chi connectivity index (χ3v) is 8.83. The van der Waals surface area contributed by atoms with Crippen molar-refractivity contribution < 1.29 is 23.2 Å². The van der Waals surface area contributed by atoms with Crippen molar-refractivity contribution in [2.24, 2.45) is 0 Å². The number of anilines is 1. The summed E-state index contributed by atoms with van der Waals surface area (Å²) in [6.45, 7) is 3.31. The first-order valence-corrected chi connectivity index (χ1v) is 15.8. The molecule has 2 fully saturated rings. The molecule has 9 nitrogen and oxygen atoms in total.